The van der Waals surface area contributed by atoms with Crippen molar-refractivity contribution in [2.75, 3.05) is 51.8 Å². The highest BCUT2D eigenvalue weighted by molar-refractivity contribution is 6.31. The van der Waals surface area contributed by atoms with Crippen LogP contribution in [-0.4, -0.2) is 61.3 Å². The Morgan fingerprint density at radius 3 is 2.77 bits per heavy atom. The van der Waals surface area contributed by atoms with Crippen LogP contribution in [0.3, 0.4) is 0 Å². The van der Waals surface area contributed by atoms with Crippen LogP contribution in [0.4, 0.5) is 15.9 Å². The van der Waals surface area contributed by atoms with Gasteiger partial charge in [-0.25, -0.2) is 14.4 Å². The number of quaternary nitrogens is 1. The molecule has 1 aliphatic rings. The third-order valence-corrected chi connectivity index (χ3v) is 5.57. The van der Waals surface area contributed by atoms with E-state index in [1.165, 1.54) is 18.5 Å². The summed E-state index contributed by atoms with van der Waals surface area (Å²) in [6.45, 7) is 6.18. The van der Waals surface area contributed by atoms with Crippen LogP contribution in [-0.2, 0) is 0 Å². The molecule has 1 saturated heterocycles. The average molecular weight is 447 g/mol. The molecule has 1 aliphatic heterocycles. The van der Waals surface area contributed by atoms with Crippen LogP contribution in [0.2, 0.25) is 5.02 Å². The molecule has 2 aromatic carbocycles. The van der Waals surface area contributed by atoms with Crippen LogP contribution in [0, 0.1) is 5.82 Å². The molecule has 3 aromatic rings. The molecule has 3 N–H and O–H groups in total. The number of hydrogen-bond acceptors (Lipinski definition) is 6. The Labute approximate surface area is 185 Å². The van der Waals surface area contributed by atoms with E-state index in [1.807, 2.05) is 12.1 Å². The van der Waals surface area contributed by atoms with Crippen LogP contribution in [0.25, 0.3) is 10.9 Å². The van der Waals surface area contributed by atoms with Crippen molar-refractivity contribution in [3.05, 3.63) is 47.5 Å². The number of nitrogens with one attached hydrogen (secondary N) is 1. The van der Waals surface area contributed by atoms with Gasteiger partial charge in [-0.15, -0.1) is 0 Å². The SMILES string of the molecule is COc1cc2ncnc(Nc3ccc(F)c(Cl)c3)c2cc1OCCCN1CC[NH2+]CC1. The number of halogens is 2. The Morgan fingerprint density at radius 2 is 2.00 bits per heavy atom. The summed E-state index contributed by atoms with van der Waals surface area (Å²) in [5.41, 5.74) is 1.34. The number of hydrogen-bond donors (Lipinski definition) is 2. The number of rotatable bonds is 8. The smallest absolute Gasteiger partial charge is 0.162 e. The van der Waals surface area contributed by atoms with Gasteiger partial charge < -0.3 is 20.1 Å². The normalized spacial score (nSPS) is 14.5. The van der Waals surface area contributed by atoms with Crippen molar-refractivity contribution in [3.8, 4) is 11.5 Å². The number of piperazine rings is 1. The average Bonchev–Trinajstić information content (AvgIpc) is 2.79. The molecule has 164 valence electrons. The van der Waals surface area contributed by atoms with Crippen molar-refractivity contribution in [1.82, 2.24) is 14.9 Å². The number of nitrogens with zero attached hydrogens (tertiary/aromatic N) is 3. The van der Waals surface area contributed by atoms with Gasteiger partial charge >= 0.3 is 0 Å². The van der Waals surface area contributed by atoms with E-state index < -0.39 is 5.82 Å². The van der Waals surface area contributed by atoms with Gasteiger partial charge in [0.1, 0.15) is 18.0 Å². The molecule has 0 aliphatic carbocycles. The lowest BCUT2D eigenvalue weighted by molar-refractivity contribution is -0.663. The van der Waals surface area contributed by atoms with Crippen molar-refractivity contribution in [3.63, 3.8) is 0 Å². The van der Waals surface area contributed by atoms with Crippen LogP contribution in [0.1, 0.15) is 6.42 Å². The lowest BCUT2D eigenvalue weighted by Crippen LogP contribution is -2.89. The molecule has 9 heteroatoms. The maximum absolute atomic E-state index is 13.5. The zero-order valence-electron chi connectivity index (χ0n) is 17.4. The van der Waals surface area contributed by atoms with Crippen molar-refractivity contribution in [1.29, 1.82) is 0 Å². The first kappa shape index (κ1) is 21.5. The van der Waals surface area contributed by atoms with Crippen molar-refractivity contribution >= 4 is 34.0 Å². The summed E-state index contributed by atoms with van der Waals surface area (Å²) in [6.07, 6.45) is 2.40. The number of ether oxygens (including phenoxy) is 2. The summed E-state index contributed by atoms with van der Waals surface area (Å²) in [5.74, 6) is 1.36. The predicted molar refractivity (Wildman–Crippen MR) is 119 cm³/mol. The largest absolute Gasteiger partial charge is 0.493 e. The quantitative estimate of drug-likeness (QED) is 0.518. The van der Waals surface area contributed by atoms with Gasteiger partial charge in [0.05, 0.1) is 37.3 Å². The number of fused-ring (bicyclic) bond motifs is 1. The molecule has 31 heavy (non-hydrogen) atoms. The van der Waals surface area contributed by atoms with Crippen LogP contribution in [0.15, 0.2) is 36.7 Å². The van der Waals surface area contributed by atoms with E-state index in [0.29, 0.717) is 35.1 Å². The summed E-state index contributed by atoms with van der Waals surface area (Å²) in [4.78, 5) is 11.1. The maximum Gasteiger partial charge on any atom is 0.162 e. The fourth-order valence-electron chi connectivity index (χ4n) is 3.64. The number of anilines is 2. The zero-order chi connectivity index (χ0) is 21.6. The molecule has 0 atom stereocenters. The molecule has 0 bridgehead atoms. The predicted octanol–water partition coefficient (Wildman–Crippen LogP) is 2.82. The van der Waals surface area contributed by atoms with E-state index in [0.717, 1.165) is 44.5 Å². The third kappa shape index (κ3) is 5.33. The van der Waals surface area contributed by atoms with Crippen molar-refractivity contribution < 1.29 is 19.2 Å². The molecule has 1 aromatic heterocycles. The second-order valence-corrected chi connectivity index (χ2v) is 7.81. The summed E-state index contributed by atoms with van der Waals surface area (Å²) >= 11 is 5.90. The van der Waals surface area contributed by atoms with E-state index in [1.54, 1.807) is 13.2 Å². The summed E-state index contributed by atoms with van der Waals surface area (Å²) < 4.78 is 25.0. The zero-order valence-corrected chi connectivity index (χ0v) is 18.2. The first-order chi connectivity index (χ1) is 15.1. The number of aromatic nitrogens is 2. The minimum absolute atomic E-state index is 0.0423. The monoisotopic (exact) mass is 446 g/mol. The first-order valence-electron chi connectivity index (χ1n) is 10.4. The van der Waals surface area contributed by atoms with Gasteiger partial charge in [-0.05, 0) is 30.7 Å². The van der Waals surface area contributed by atoms with Crippen LogP contribution in [0.5, 0.6) is 11.5 Å². The molecule has 0 radical (unpaired) electrons. The number of benzene rings is 2. The highest BCUT2D eigenvalue weighted by Gasteiger charge is 2.14. The Kier molecular flexibility index (Phi) is 7.01. The van der Waals surface area contributed by atoms with Gasteiger partial charge in [0.15, 0.2) is 11.5 Å². The molecule has 1 fully saturated rings. The third-order valence-electron chi connectivity index (χ3n) is 5.28. The highest BCUT2D eigenvalue weighted by Crippen LogP contribution is 2.35. The minimum Gasteiger partial charge on any atom is -0.493 e. The highest BCUT2D eigenvalue weighted by atomic mass is 35.5. The lowest BCUT2D eigenvalue weighted by Gasteiger charge is -2.24. The molecule has 2 heterocycles. The summed E-state index contributed by atoms with van der Waals surface area (Å²) in [5, 5.41) is 6.34. The van der Waals surface area contributed by atoms with Gasteiger partial charge in [-0.3, -0.25) is 4.90 Å². The van der Waals surface area contributed by atoms with E-state index in [-0.39, 0.29) is 5.02 Å². The van der Waals surface area contributed by atoms with E-state index >= 15 is 0 Å². The Hall–Kier alpha value is -2.68. The molecule has 0 unspecified atom stereocenters. The van der Waals surface area contributed by atoms with E-state index in [4.69, 9.17) is 21.1 Å². The Balaban J connectivity index is 1.51. The van der Waals surface area contributed by atoms with Crippen molar-refractivity contribution in [2.45, 2.75) is 6.42 Å². The molecular formula is C22H26ClFN5O2+. The van der Waals surface area contributed by atoms with Gasteiger partial charge in [-0.2, -0.15) is 0 Å². The van der Waals surface area contributed by atoms with Gasteiger partial charge in [0.25, 0.3) is 0 Å². The van der Waals surface area contributed by atoms with Crippen LogP contribution < -0.4 is 20.1 Å². The molecule has 0 amide bonds. The summed E-state index contributed by atoms with van der Waals surface area (Å²) in [7, 11) is 1.61. The first-order valence-corrected chi connectivity index (χ1v) is 10.7. The van der Waals surface area contributed by atoms with E-state index in [2.05, 4.69) is 25.5 Å². The second kappa shape index (κ2) is 10.1. The Bertz CT molecular complexity index is 1050. The molecular weight excluding hydrogens is 421 g/mol. The number of methoxy groups -OCH3 is 1. The van der Waals surface area contributed by atoms with Crippen molar-refractivity contribution in [2.24, 2.45) is 0 Å². The fraction of sp³-hybridized carbons (Fsp3) is 0.364. The van der Waals surface area contributed by atoms with Crippen LogP contribution >= 0.6 is 11.6 Å². The molecule has 0 saturated carbocycles. The van der Waals surface area contributed by atoms with Gasteiger partial charge in [0.2, 0.25) is 0 Å². The lowest BCUT2D eigenvalue weighted by atomic mass is 10.2. The summed E-state index contributed by atoms with van der Waals surface area (Å²) in [6, 6.07) is 8.14. The molecule has 4 rings (SSSR count). The number of nitrogens with two attached hydrogens (primary N) is 1. The van der Waals surface area contributed by atoms with Gasteiger partial charge in [0, 0.05) is 36.8 Å². The second-order valence-electron chi connectivity index (χ2n) is 7.41. The molecule has 0 spiro atoms. The standard InChI is InChI=1S/C22H25ClFN5O2/c1-30-20-13-19-16(12-21(20)31-10-2-7-29-8-5-25-6-9-29)22(27-14-26-19)28-15-3-4-18(24)17(23)11-15/h3-4,11-14,25H,2,5-10H2,1H3,(H,26,27,28)/p+1. The van der Waals surface area contributed by atoms with Gasteiger partial charge in [-0.1, -0.05) is 11.6 Å². The molecule has 7 nitrogen and oxygen atoms in total. The van der Waals surface area contributed by atoms with E-state index in [9.17, 15) is 4.39 Å². The topological polar surface area (TPSA) is 76.1 Å². The fourth-order valence-corrected chi connectivity index (χ4v) is 3.82. The Morgan fingerprint density at radius 1 is 1.16 bits per heavy atom. The minimum atomic E-state index is -0.470. The maximum atomic E-state index is 13.5.